The van der Waals surface area contributed by atoms with Crippen molar-refractivity contribution < 1.29 is 23.9 Å². The fourth-order valence-corrected chi connectivity index (χ4v) is 4.52. The number of ether oxygens (including phenoxy) is 2. The Morgan fingerprint density at radius 1 is 1.27 bits per heavy atom. The van der Waals surface area contributed by atoms with Crippen LogP contribution in [0.15, 0.2) is 54.7 Å². The molecule has 2 N–H and O–H groups in total. The SMILES string of the molecule is COc1ccc2c(c1)C(=O)N(C[C@@H](C#Cc1ccc3c(c1)C(C)Oc1cccnc1-3)NC(=O)NC=O)C2. The minimum atomic E-state index is -0.729. The molecule has 186 valence electrons. The summed E-state index contributed by atoms with van der Waals surface area (Å²) in [5, 5.41) is 4.72. The van der Waals surface area contributed by atoms with E-state index in [1.54, 1.807) is 30.3 Å². The predicted molar refractivity (Wildman–Crippen MR) is 135 cm³/mol. The number of hydrogen-bond acceptors (Lipinski definition) is 6. The predicted octanol–water partition coefficient (Wildman–Crippen LogP) is 3.04. The van der Waals surface area contributed by atoms with Gasteiger partial charge in [-0.3, -0.25) is 19.9 Å². The summed E-state index contributed by atoms with van der Waals surface area (Å²) in [7, 11) is 1.54. The molecule has 9 nitrogen and oxygen atoms in total. The molecule has 2 atom stereocenters. The molecular weight excluding hydrogens is 472 g/mol. The molecule has 9 heteroatoms. The lowest BCUT2D eigenvalue weighted by Gasteiger charge is -2.25. The maximum atomic E-state index is 13.0. The lowest BCUT2D eigenvalue weighted by Crippen LogP contribution is -2.46. The molecular formula is C28H24N4O5. The van der Waals surface area contributed by atoms with Crippen LogP contribution in [-0.2, 0) is 11.3 Å². The van der Waals surface area contributed by atoms with Crippen molar-refractivity contribution in [3.63, 3.8) is 0 Å². The van der Waals surface area contributed by atoms with Crippen LogP contribution in [0.2, 0.25) is 0 Å². The zero-order valence-electron chi connectivity index (χ0n) is 20.3. The molecule has 0 fully saturated rings. The third kappa shape index (κ3) is 4.82. The van der Waals surface area contributed by atoms with Gasteiger partial charge >= 0.3 is 6.03 Å². The number of nitrogens with zero attached hydrogens (tertiary/aromatic N) is 2. The van der Waals surface area contributed by atoms with Crippen LogP contribution in [0.5, 0.6) is 11.5 Å². The molecule has 0 spiro atoms. The summed E-state index contributed by atoms with van der Waals surface area (Å²) in [5.41, 5.74) is 4.87. The minimum Gasteiger partial charge on any atom is -0.497 e. The Balaban J connectivity index is 1.39. The normalized spacial score (nSPS) is 15.7. The summed E-state index contributed by atoms with van der Waals surface area (Å²) in [6.45, 7) is 2.48. The second-order valence-corrected chi connectivity index (χ2v) is 8.68. The summed E-state index contributed by atoms with van der Waals surface area (Å²) in [4.78, 5) is 41.9. The zero-order valence-corrected chi connectivity index (χ0v) is 20.3. The van der Waals surface area contributed by atoms with Gasteiger partial charge < -0.3 is 19.7 Å². The Bertz CT molecular complexity index is 1460. The molecule has 2 aliphatic heterocycles. The quantitative estimate of drug-likeness (QED) is 0.415. The van der Waals surface area contributed by atoms with Gasteiger partial charge in [0.15, 0.2) is 0 Å². The molecule has 5 rings (SSSR count). The van der Waals surface area contributed by atoms with E-state index in [0.717, 1.165) is 33.7 Å². The van der Waals surface area contributed by atoms with E-state index < -0.39 is 12.1 Å². The molecule has 3 heterocycles. The number of pyridine rings is 1. The summed E-state index contributed by atoms with van der Waals surface area (Å²) in [5.74, 6) is 7.31. The van der Waals surface area contributed by atoms with Crippen molar-refractivity contribution in [3.8, 4) is 34.6 Å². The highest BCUT2D eigenvalue weighted by Gasteiger charge is 2.30. The van der Waals surface area contributed by atoms with Crippen molar-refractivity contribution in [3.05, 3.63) is 77.0 Å². The Kier molecular flexibility index (Phi) is 6.47. The maximum absolute atomic E-state index is 13.0. The fourth-order valence-electron chi connectivity index (χ4n) is 4.52. The number of benzene rings is 2. The molecule has 0 radical (unpaired) electrons. The van der Waals surface area contributed by atoms with Crippen molar-refractivity contribution in [1.29, 1.82) is 0 Å². The number of amides is 4. The number of carbonyl (C=O) groups excluding carboxylic acids is 3. The van der Waals surface area contributed by atoms with Crippen molar-refractivity contribution in [2.45, 2.75) is 25.6 Å². The lowest BCUT2D eigenvalue weighted by atomic mass is 9.95. The smallest absolute Gasteiger partial charge is 0.322 e. The number of urea groups is 1. The summed E-state index contributed by atoms with van der Waals surface area (Å²) >= 11 is 0. The Labute approximate surface area is 213 Å². The van der Waals surface area contributed by atoms with E-state index in [1.165, 1.54) is 0 Å². The molecule has 37 heavy (non-hydrogen) atoms. The average Bonchev–Trinajstić information content (AvgIpc) is 3.21. The van der Waals surface area contributed by atoms with Gasteiger partial charge in [0.1, 0.15) is 29.3 Å². The number of hydrogen-bond donors (Lipinski definition) is 2. The number of methoxy groups -OCH3 is 1. The van der Waals surface area contributed by atoms with E-state index in [4.69, 9.17) is 9.47 Å². The van der Waals surface area contributed by atoms with Crippen LogP contribution in [0, 0.1) is 11.8 Å². The lowest BCUT2D eigenvalue weighted by molar-refractivity contribution is -0.108. The van der Waals surface area contributed by atoms with Crippen LogP contribution in [0.25, 0.3) is 11.3 Å². The van der Waals surface area contributed by atoms with E-state index >= 15 is 0 Å². The molecule has 4 amide bonds. The van der Waals surface area contributed by atoms with Crippen molar-refractivity contribution in [1.82, 2.24) is 20.5 Å². The van der Waals surface area contributed by atoms with E-state index in [-0.39, 0.29) is 18.6 Å². The second-order valence-electron chi connectivity index (χ2n) is 8.68. The fraction of sp³-hybridized carbons (Fsp3) is 0.214. The first-order valence-corrected chi connectivity index (χ1v) is 11.7. The van der Waals surface area contributed by atoms with Crippen molar-refractivity contribution in [2.75, 3.05) is 13.7 Å². The molecule has 2 aromatic carbocycles. The van der Waals surface area contributed by atoms with Gasteiger partial charge in [-0.25, -0.2) is 4.79 Å². The maximum Gasteiger partial charge on any atom is 0.322 e. The van der Waals surface area contributed by atoms with Crippen LogP contribution >= 0.6 is 0 Å². The molecule has 0 saturated carbocycles. The highest BCUT2D eigenvalue weighted by Crippen LogP contribution is 2.40. The van der Waals surface area contributed by atoms with Gasteiger partial charge in [-0.05, 0) is 48.9 Å². The average molecular weight is 497 g/mol. The highest BCUT2D eigenvalue weighted by molar-refractivity contribution is 5.98. The Hall–Kier alpha value is -4.84. The van der Waals surface area contributed by atoms with Crippen LogP contribution in [0.3, 0.4) is 0 Å². The van der Waals surface area contributed by atoms with Gasteiger partial charge in [0, 0.05) is 35.0 Å². The van der Waals surface area contributed by atoms with Gasteiger partial charge in [-0.15, -0.1) is 0 Å². The monoisotopic (exact) mass is 496 g/mol. The van der Waals surface area contributed by atoms with Gasteiger partial charge in [0.25, 0.3) is 5.91 Å². The number of carbonyl (C=O) groups is 3. The Morgan fingerprint density at radius 3 is 2.95 bits per heavy atom. The van der Waals surface area contributed by atoms with Crippen molar-refractivity contribution >= 4 is 18.3 Å². The number of rotatable bonds is 5. The molecule has 3 aromatic rings. The standard InChI is InChI=1S/C28H24N4O5/c1-17-23-12-18(6-10-22(23)26-25(37-17)4-3-11-29-26)5-8-20(31-28(35)30-16-33)15-32-14-19-7-9-21(36-2)13-24(19)27(32)34/h3-4,6-7,9-13,16-17,20H,14-15H2,1-2H3,(H2,30,31,33,35)/t17?,20-/m1/s1. The topological polar surface area (TPSA) is 110 Å². The summed E-state index contributed by atoms with van der Waals surface area (Å²) in [6.07, 6.45) is 1.84. The third-order valence-electron chi connectivity index (χ3n) is 6.30. The third-order valence-corrected chi connectivity index (χ3v) is 6.30. The van der Waals surface area contributed by atoms with Gasteiger partial charge in [0.2, 0.25) is 6.41 Å². The van der Waals surface area contributed by atoms with E-state index in [1.807, 2.05) is 43.3 Å². The first kappa shape index (κ1) is 23.9. The molecule has 1 aromatic heterocycles. The van der Waals surface area contributed by atoms with E-state index in [0.29, 0.717) is 24.3 Å². The van der Waals surface area contributed by atoms with E-state index in [2.05, 4.69) is 27.5 Å². The van der Waals surface area contributed by atoms with Crippen LogP contribution in [0.1, 0.15) is 40.1 Å². The second kappa shape index (κ2) is 10.0. The number of fused-ring (bicyclic) bond motifs is 4. The van der Waals surface area contributed by atoms with Gasteiger partial charge in [-0.1, -0.05) is 24.0 Å². The van der Waals surface area contributed by atoms with E-state index in [9.17, 15) is 14.4 Å². The first-order chi connectivity index (χ1) is 18.0. The number of nitrogens with one attached hydrogen (secondary N) is 2. The summed E-state index contributed by atoms with van der Waals surface area (Å²) in [6, 6.07) is 13.4. The van der Waals surface area contributed by atoms with Crippen LogP contribution in [0.4, 0.5) is 4.79 Å². The highest BCUT2D eigenvalue weighted by atomic mass is 16.5. The van der Waals surface area contributed by atoms with Crippen LogP contribution in [-0.4, -0.2) is 47.9 Å². The summed E-state index contributed by atoms with van der Waals surface area (Å²) < 4.78 is 11.2. The van der Waals surface area contributed by atoms with Crippen molar-refractivity contribution in [2.24, 2.45) is 0 Å². The molecule has 2 aliphatic rings. The zero-order chi connectivity index (χ0) is 25.9. The number of imide groups is 1. The number of aromatic nitrogens is 1. The minimum absolute atomic E-state index is 0.136. The molecule has 0 aliphatic carbocycles. The largest absolute Gasteiger partial charge is 0.497 e. The molecule has 0 bridgehead atoms. The Morgan fingerprint density at radius 2 is 2.14 bits per heavy atom. The van der Waals surface area contributed by atoms with Gasteiger partial charge in [0.05, 0.1) is 13.7 Å². The van der Waals surface area contributed by atoms with Gasteiger partial charge in [-0.2, -0.15) is 0 Å². The molecule has 1 unspecified atom stereocenters. The molecule has 0 saturated heterocycles. The van der Waals surface area contributed by atoms with Crippen LogP contribution < -0.4 is 20.1 Å². The first-order valence-electron chi connectivity index (χ1n) is 11.7.